The molecule has 0 spiro atoms. The molecule has 5 rings (SSSR count). The lowest BCUT2D eigenvalue weighted by atomic mass is 10.2. The summed E-state index contributed by atoms with van der Waals surface area (Å²) in [7, 11) is -3.57. The standard InChI is InChI=1S/C24H24N4O4S/c1-17-4-8-19(9-5-17)28-23(22-21(24(28)29)3-2-12-25-22)26-18-6-10-20(11-7-18)33(30,31)27-13-15-32-16-14-27/h2-12,23,26H,13-16H2,1H3. The highest BCUT2D eigenvalue weighted by Gasteiger charge is 2.39. The number of aromatic nitrogens is 1. The first kappa shape index (κ1) is 21.6. The molecule has 0 radical (unpaired) electrons. The number of fused-ring (bicyclic) bond motifs is 1. The Morgan fingerprint density at radius 1 is 1.00 bits per heavy atom. The summed E-state index contributed by atoms with van der Waals surface area (Å²) in [6.45, 7) is 3.49. The maximum absolute atomic E-state index is 13.2. The van der Waals surface area contributed by atoms with Crippen LogP contribution >= 0.6 is 0 Å². The van der Waals surface area contributed by atoms with Crippen molar-refractivity contribution in [1.82, 2.24) is 9.29 Å². The lowest BCUT2D eigenvalue weighted by Gasteiger charge is -2.27. The van der Waals surface area contributed by atoms with Crippen LogP contribution in [0.25, 0.3) is 0 Å². The van der Waals surface area contributed by atoms with E-state index in [1.807, 2.05) is 31.2 Å². The van der Waals surface area contributed by atoms with Crippen molar-refractivity contribution in [3.05, 3.63) is 83.7 Å². The zero-order valence-electron chi connectivity index (χ0n) is 18.1. The number of carbonyl (C=O) groups excluding carboxylic acids is 1. The second-order valence-corrected chi connectivity index (χ2v) is 9.97. The van der Waals surface area contributed by atoms with Crippen LogP contribution < -0.4 is 10.2 Å². The number of nitrogens with one attached hydrogen (secondary N) is 1. The highest BCUT2D eigenvalue weighted by atomic mass is 32.2. The van der Waals surface area contributed by atoms with Crippen molar-refractivity contribution < 1.29 is 17.9 Å². The molecule has 3 heterocycles. The summed E-state index contributed by atoms with van der Waals surface area (Å²) in [5.41, 5.74) is 3.72. The largest absolute Gasteiger partial charge is 0.379 e. The van der Waals surface area contributed by atoms with Gasteiger partial charge in [-0.1, -0.05) is 17.7 Å². The van der Waals surface area contributed by atoms with Crippen molar-refractivity contribution in [3.8, 4) is 0 Å². The first-order valence-electron chi connectivity index (χ1n) is 10.7. The zero-order chi connectivity index (χ0) is 23.0. The van der Waals surface area contributed by atoms with Gasteiger partial charge in [-0.3, -0.25) is 14.7 Å². The predicted octanol–water partition coefficient (Wildman–Crippen LogP) is 3.18. The molecule has 2 aliphatic heterocycles. The van der Waals surface area contributed by atoms with Gasteiger partial charge in [0.1, 0.15) is 0 Å². The number of hydrogen-bond acceptors (Lipinski definition) is 6. The molecule has 1 aromatic heterocycles. The number of carbonyl (C=O) groups is 1. The quantitative estimate of drug-likeness (QED) is 0.624. The number of rotatable bonds is 5. The number of benzene rings is 2. The number of pyridine rings is 1. The van der Waals surface area contributed by atoms with Gasteiger partial charge < -0.3 is 10.1 Å². The van der Waals surface area contributed by atoms with E-state index in [4.69, 9.17) is 4.74 Å². The van der Waals surface area contributed by atoms with Crippen molar-refractivity contribution in [2.24, 2.45) is 0 Å². The molecular formula is C24H24N4O4S. The normalized spacial score (nSPS) is 18.9. The van der Waals surface area contributed by atoms with E-state index in [-0.39, 0.29) is 10.8 Å². The Hall–Kier alpha value is -3.27. The average Bonchev–Trinajstić information content (AvgIpc) is 3.12. The Balaban J connectivity index is 1.44. The van der Waals surface area contributed by atoms with E-state index in [1.54, 1.807) is 47.5 Å². The molecule has 2 aromatic carbocycles. The van der Waals surface area contributed by atoms with Crippen LogP contribution in [-0.2, 0) is 14.8 Å². The van der Waals surface area contributed by atoms with Gasteiger partial charge in [0.15, 0.2) is 6.17 Å². The first-order chi connectivity index (χ1) is 15.9. The van der Waals surface area contributed by atoms with E-state index in [0.717, 1.165) is 11.3 Å². The minimum Gasteiger partial charge on any atom is -0.379 e. The van der Waals surface area contributed by atoms with E-state index in [2.05, 4.69) is 10.3 Å². The van der Waals surface area contributed by atoms with Crippen molar-refractivity contribution in [2.45, 2.75) is 18.0 Å². The van der Waals surface area contributed by atoms with Crippen LogP contribution in [0.15, 0.2) is 71.8 Å². The maximum atomic E-state index is 13.2. The van der Waals surface area contributed by atoms with E-state index < -0.39 is 16.2 Å². The van der Waals surface area contributed by atoms with Gasteiger partial charge in [0.2, 0.25) is 10.0 Å². The van der Waals surface area contributed by atoms with Gasteiger partial charge in [-0.15, -0.1) is 0 Å². The molecule has 8 nitrogen and oxygen atoms in total. The van der Waals surface area contributed by atoms with Gasteiger partial charge >= 0.3 is 0 Å². The molecule has 1 fully saturated rings. The SMILES string of the molecule is Cc1ccc(N2C(=O)c3cccnc3C2Nc2ccc(S(=O)(=O)N3CCOCC3)cc2)cc1. The third-order valence-corrected chi connectivity index (χ3v) is 7.80. The lowest BCUT2D eigenvalue weighted by Crippen LogP contribution is -2.40. The van der Waals surface area contributed by atoms with Crippen LogP contribution in [0.3, 0.4) is 0 Å². The topological polar surface area (TPSA) is 91.8 Å². The number of amides is 1. The molecule has 170 valence electrons. The van der Waals surface area contributed by atoms with Crippen molar-refractivity contribution in [2.75, 3.05) is 36.5 Å². The Morgan fingerprint density at radius 3 is 2.39 bits per heavy atom. The number of aryl methyl sites for hydroxylation is 1. The molecule has 1 saturated heterocycles. The third-order valence-electron chi connectivity index (χ3n) is 5.88. The van der Waals surface area contributed by atoms with Crippen LogP contribution in [0, 0.1) is 6.92 Å². The number of anilines is 2. The van der Waals surface area contributed by atoms with Crippen molar-refractivity contribution in [1.29, 1.82) is 0 Å². The number of morpholine rings is 1. The smallest absolute Gasteiger partial charge is 0.262 e. The summed E-state index contributed by atoms with van der Waals surface area (Å²) in [5.74, 6) is -0.133. The van der Waals surface area contributed by atoms with Crippen LogP contribution in [0.4, 0.5) is 11.4 Å². The highest BCUT2D eigenvalue weighted by molar-refractivity contribution is 7.89. The first-order valence-corrected chi connectivity index (χ1v) is 12.2. The fourth-order valence-electron chi connectivity index (χ4n) is 4.11. The molecule has 1 amide bonds. The summed E-state index contributed by atoms with van der Waals surface area (Å²) >= 11 is 0. The second kappa shape index (κ2) is 8.58. The van der Waals surface area contributed by atoms with Crippen molar-refractivity contribution in [3.63, 3.8) is 0 Å². The Morgan fingerprint density at radius 2 is 1.70 bits per heavy atom. The zero-order valence-corrected chi connectivity index (χ0v) is 19.0. The number of sulfonamides is 1. The van der Waals surface area contributed by atoms with Crippen molar-refractivity contribution >= 4 is 27.3 Å². The summed E-state index contributed by atoms with van der Waals surface area (Å²) in [6.07, 6.45) is 1.15. The van der Waals surface area contributed by atoms with Crippen LogP contribution in [0.2, 0.25) is 0 Å². The molecule has 0 bridgehead atoms. The molecule has 1 atom stereocenters. The highest BCUT2D eigenvalue weighted by Crippen LogP contribution is 2.37. The molecule has 3 aromatic rings. The Kier molecular flexibility index (Phi) is 5.61. The van der Waals surface area contributed by atoms with E-state index in [0.29, 0.717) is 43.2 Å². The third kappa shape index (κ3) is 3.99. The van der Waals surface area contributed by atoms with Crippen LogP contribution in [0.1, 0.15) is 27.8 Å². The molecule has 1 N–H and O–H groups in total. The van der Waals surface area contributed by atoms with E-state index >= 15 is 0 Å². The van der Waals surface area contributed by atoms with Gasteiger partial charge in [0.25, 0.3) is 5.91 Å². The monoisotopic (exact) mass is 464 g/mol. The van der Waals surface area contributed by atoms with Gasteiger partial charge in [0.05, 0.1) is 29.4 Å². The lowest BCUT2D eigenvalue weighted by molar-refractivity contribution is 0.0730. The fraction of sp³-hybridized carbons (Fsp3) is 0.250. The molecule has 0 saturated carbocycles. The summed E-state index contributed by atoms with van der Waals surface area (Å²) in [6, 6.07) is 17.8. The number of hydrogen-bond donors (Lipinski definition) is 1. The maximum Gasteiger partial charge on any atom is 0.262 e. The van der Waals surface area contributed by atoms with E-state index in [9.17, 15) is 13.2 Å². The minimum atomic E-state index is -3.57. The number of ether oxygens (including phenoxy) is 1. The molecule has 9 heteroatoms. The molecule has 2 aliphatic rings. The van der Waals surface area contributed by atoms with Gasteiger partial charge in [-0.2, -0.15) is 4.31 Å². The predicted molar refractivity (Wildman–Crippen MR) is 125 cm³/mol. The second-order valence-electron chi connectivity index (χ2n) is 8.03. The van der Waals surface area contributed by atoms with Gasteiger partial charge in [0, 0.05) is 30.7 Å². The van der Waals surface area contributed by atoms with E-state index in [1.165, 1.54) is 4.31 Å². The van der Waals surface area contributed by atoms with Crippen LogP contribution in [-0.4, -0.2) is 49.9 Å². The summed E-state index contributed by atoms with van der Waals surface area (Å²) in [5, 5.41) is 3.36. The molecule has 0 aliphatic carbocycles. The Bertz CT molecular complexity index is 1270. The van der Waals surface area contributed by atoms with Gasteiger partial charge in [-0.25, -0.2) is 8.42 Å². The molecule has 1 unspecified atom stereocenters. The summed E-state index contributed by atoms with van der Waals surface area (Å²) in [4.78, 5) is 19.6. The molecule has 33 heavy (non-hydrogen) atoms. The van der Waals surface area contributed by atoms with Crippen LogP contribution in [0.5, 0.6) is 0 Å². The average molecular weight is 465 g/mol. The Labute approximate surface area is 192 Å². The number of nitrogens with zero attached hydrogens (tertiary/aromatic N) is 3. The summed E-state index contributed by atoms with van der Waals surface area (Å²) < 4.78 is 32.5. The minimum absolute atomic E-state index is 0.133. The molecular weight excluding hydrogens is 440 g/mol. The van der Waals surface area contributed by atoms with Gasteiger partial charge in [-0.05, 0) is 55.5 Å². The fourth-order valence-corrected chi connectivity index (χ4v) is 5.52.